The molecule has 0 heterocycles. The molecule has 100 valence electrons. The summed E-state index contributed by atoms with van der Waals surface area (Å²) >= 11 is 0. The molecule has 2 aromatic rings. The zero-order chi connectivity index (χ0) is 13.8. The van der Waals surface area contributed by atoms with Gasteiger partial charge in [-0.2, -0.15) is 0 Å². The number of aliphatic carboxylic acids is 1. The number of hydrogen-bond donors (Lipinski definition) is 1. The molecule has 19 heavy (non-hydrogen) atoms. The number of carboxylic acids is 1. The van der Waals surface area contributed by atoms with Gasteiger partial charge in [0, 0.05) is 5.56 Å². The fourth-order valence-electron chi connectivity index (χ4n) is 2.37. The largest absolute Gasteiger partial charge is 0.496 e. The first-order valence-electron chi connectivity index (χ1n) is 6.44. The average Bonchev–Trinajstić information content (AvgIpc) is 2.44. The Kier molecular flexibility index (Phi) is 4.05. The number of rotatable bonds is 5. The van der Waals surface area contributed by atoms with Crippen molar-refractivity contribution in [2.24, 2.45) is 5.92 Å². The predicted octanol–water partition coefficient (Wildman–Crippen LogP) is 3.50. The monoisotopic (exact) mass is 258 g/mol. The highest BCUT2D eigenvalue weighted by Crippen LogP contribution is 2.30. The Balaban J connectivity index is 2.52. The van der Waals surface area contributed by atoms with Crippen LogP contribution in [0.2, 0.25) is 0 Å². The van der Waals surface area contributed by atoms with E-state index in [1.54, 1.807) is 7.11 Å². The highest BCUT2D eigenvalue weighted by molar-refractivity contribution is 5.88. The minimum absolute atomic E-state index is 0.375. The fourth-order valence-corrected chi connectivity index (χ4v) is 2.37. The van der Waals surface area contributed by atoms with Gasteiger partial charge in [0.15, 0.2) is 0 Å². The maximum atomic E-state index is 11.2. The van der Waals surface area contributed by atoms with Crippen LogP contribution < -0.4 is 4.74 Å². The van der Waals surface area contributed by atoms with Gasteiger partial charge in [-0.05, 0) is 29.7 Å². The molecule has 0 aliphatic heterocycles. The molecule has 0 spiro atoms. The highest BCUT2D eigenvalue weighted by Gasteiger charge is 2.19. The van der Waals surface area contributed by atoms with Crippen LogP contribution in [-0.4, -0.2) is 18.2 Å². The molecule has 0 bridgehead atoms. The Morgan fingerprint density at radius 1 is 1.26 bits per heavy atom. The number of carboxylic acid groups (broad SMARTS) is 1. The molecule has 0 saturated carbocycles. The fraction of sp³-hybridized carbons (Fsp3) is 0.312. The number of carbonyl (C=O) groups is 1. The predicted molar refractivity (Wildman–Crippen MR) is 75.6 cm³/mol. The van der Waals surface area contributed by atoms with E-state index in [1.165, 1.54) is 0 Å². The van der Waals surface area contributed by atoms with Crippen LogP contribution in [0.4, 0.5) is 0 Å². The van der Waals surface area contributed by atoms with Crippen molar-refractivity contribution in [2.75, 3.05) is 7.11 Å². The van der Waals surface area contributed by atoms with Crippen molar-refractivity contribution in [1.29, 1.82) is 0 Å². The van der Waals surface area contributed by atoms with Crippen molar-refractivity contribution in [1.82, 2.24) is 0 Å². The normalized spacial score (nSPS) is 12.3. The second-order valence-electron chi connectivity index (χ2n) is 4.62. The zero-order valence-electron chi connectivity index (χ0n) is 11.2. The number of methoxy groups -OCH3 is 1. The third-order valence-corrected chi connectivity index (χ3v) is 3.51. The maximum Gasteiger partial charge on any atom is 0.306 e. The standard InChI is InChI=1S/C16H18O3/c1-3-11(16(17)18)10-14-13-7-5-4-6-12(13)8-9-15(14)19-2/h4-9,11H,3,10H2,1-2H3,(H,17,18)/t11-/m0/s1. The second-order valence-corrected chi connectivity index (χ2v) is 4.62. The van der Waals surface area contributed by atoms with Crippen LogP contribution in [-0.2, 0) is 11.2 Å². The van der Waals surface area contributed by atoms with E-state index in [0.29, 0.717) is 12.8 Å². The van der Waals surface area contributed by atoms with E-state index in [-0.39, 0.29) is 5.92 Å². The number of fused-ring (bicyclic) bond motifs is 1. The van der Waals surface area contributed by atoms with E-state index < -0.39 is 5.97 Å². The van der Waals surface area contributed by atoms with Crippen molar-refractivity contribution < 1.29 is 14.6 Å². The number of ether oxygens (including phenoxy) is 1. The molecule has 0 fully saturated rings. The molecular weight excluding hydrogens is 240 g/mol. The molecule has 0 aliphatic carbocycles. The molecule has 1 N–H and O–H groups in total. The molecule has 0 radical (unpaired) electrons. The molecular formula is C16H18O3. The molecule has 1 atom stereocenters. The molecule has 2 aromatic carbocycles. The zero-order valence-corrected chi connectivity index (χ0v) is 11.2. The summed E-state index contributed by atoms with van der Waals surface area (Å²) in [6.07, 6.45) is 1.11. The van der Waals surface area contributed by atoms with E-state index in [0.717, 1.165) is 22.1 Å². The van der Waals surface area contributed by atoms with E-state index in [2.05, 4.69) is 0 Å². The SMILES string of the molecule is CC[C@@H](Cc1c(OC)ccc2ccccc12)C(=O)O. The van der Waals surface area contributed by atoms with Gasteiger partial charge in [-0.3, -0.25) is 4.79 Å². The second kappa shape index (κ2) is 5.74. The van der Waals surface area contributed by atoms with Crippen LogP contribution in [0.25, 0.3) is 10.8 Å². The number of hydrogen-bond acceptors (Lipinski definition) is 2. The van der Waals surface area contributed by atoms with Crippen LogP contribution in [0.15, 0.2) is 36.4 Å². The summed E-state index contributed by atoms with van der Waals surface area (Å²) in [6, 6.07) is 11.9. The Hall–Kier alpha value is -2.03. The van der Waals surface area contributed by atoms with E-state index in [4.69, 9.17) is 4.74 Å². The van der Waals surface area contributed by atoms with Crippen molar-refractivity contribution in [3.8, 4) is 5.75 Å². The third-order valence-electron chi connectivity index (χ3n) is 3.51. The Morgan fingerprint density at radius 2 is 2.00 bits per heavy atom. The van der Waals surface area contributed by atoms with E-state index in [9.17, 15) is 9.90 Å². The Labute approximate surface area is 112 Å². The first kappa shape index (κ1) is 13.4. The summed E-state index contributed by atoms with van der Waals surface area (Å²) < 4.78 is 5.39. The van der Waals surface area contributed by atoms with Gasteiger partial charge in [0.05, 0.1) is 13.0 Å². The van der Waals surface area contributed by atoms with Crippen molar-refractivity contribution >= 4 is 16.7 Å². The highest BCUT2D eigenvalue weighted by atomic mass is 16.5. The van der Waals surface area contributed by atoms with Crippen molar-refractivity contribution in [3.05, 3.63) is 42.0 Å². The molecule has 2 rings (SSSR count). The topological polar surface area (TPSA) is 46.5 Å². The van der Waals surface area contributed by atoms with Gasteiger partial charge in [-0.1, -0.05) is 37.3 Å². The molecule has 0 unspecified atom stereocenters. The smallest absolute Gasteiger partial charge is 0.306 e. The molecule has 0 aliphatic rings. The lowest BCUT2D eigenvalue weighted by Crippen LogP contribution is -2.16. The molecule has 0 saturated heterocycles. The van der Waals surface area contributed by atoms with Crippen LogP contribution in [0.3, 0.4) is 0 Å². The Morgan fingerprint density at radius 3 is 2.63 bits per heavy atom. The van der Waals surface area contributed by atoms with Gasteiger partial charge in [0.1, 0.15) is 5.75 Å². The third kappa shape index (κ3) is 2.70. The van der Waals surface area contributed by atoms with Crippen molar-refractivity contribution in [3.63, 3.8) is 0 Å². The van der Waals surface area contributed by atoms with Gasteiger partial charge >= 0.3 is 5.97 Å². The van der Waals surface area contributed by atoms with Crippen LogP contribution >= 0.6 is 0 Å². The van der Waals surface area contributed by atoms with Gasteiger partial charge in [-0.15, -0.1) is 0 Å². The quantitative estimate of drug-likeness (QED) is 0.892. The molecule has 3 heteroatoms. The summed E-state index contributed by atoms with van der Waals surface area (Å²) in [6.45, 7) is 1.90. The summed E-state index contributed by atoms with van der Waals surface area (Å²) in [4.78, 5) is 11.2. The van der Waals surface area contributed by atoms with Gasteiger partial charge in [0.25, 0.3) is 0 Å². The minimum atomic E-state index is -0.752. The lowest BCUT2D eigenvalue weighted by atomic mass is 9.92. The number of benzene rings is 2. The van der Waals surface area contributed by atoms with Gasteiger partial charge in [0.2, 0.25) is 0 Å². The summed E-state index contributed by atoms with van der Waals surface area (Å²) in [5, 5.41) is 11.4. The Bertz CT molecular complexity index is 590. The van der Waals surface area contributed by atoms with Crippen LogP contribution in [0, 0.1) is 5.92 Å². The summed E-state index contributed by atoms with van der Waals surface area (Å²) in [5.41, 5.74) is 0.981. The average molecular weight is 258 g/mol. The maximum absolute atomic E-state index is 11.2. The first-order chi connectivity index (χ1) is 9.17. The lowest BCUT2D eigenvalue weighted by Gasteiger charge is -2.15. The van der Waals surface area contributed by atoms with E-state index in [1.807, 2.05) is 43.3 Å². The van der Waals surface area contributed by atoms with Gasteiger partial charge in [-0.25, -0.2) is 0 Å². The molecule has 0 aromatic heterocycles. The van der Waals surface area contributed by atoms with Gasteiger partial charge < -0.3 is 9.84 Å². The first-order valence-corrected chi connectivity index (χ1v) is 6.44. The van der Waals surface area contributed by atoms with Crippen molar-refractivity contribution in [2.45, 2.75) is 19.8 Å². The van der Waals surface area contributed by atoms with Crippen LogP contribution in [0.5, 0.6) is 5.75 Å². The minimum Gasteiger partial charge on any atom is -0.496 e. The van der Waals surface area contributed by atoms with E-state index >= 15 is 0 Å². The molecule has 0 amide bonds. The van der Waals surface area contributed by atoms with Crippen LogP contribution in [0.1, 0.15) is 18.9 Å². The summed E-state index contributed by atoms with van der Waals surface area (Å²) in [7, 11) is 1.62. The lowest BCUT2D eigenvalue weighted by molar-refractivity contribution is -0.141. The molecule has 3 nitrogen and oxygen atoms in total. The summed E-state index contributed by atoms with van der Waals surface area (Å²) in [5.74, 6) is -0.365.